The molecular weight excluding hydrogens is 52.0 g/mol. The monoisotopic (exact) mass is 58.0 g/mol. The van der Waals surface area contributed by atoms with Gasteiger partial charge >= 0.3 is 0 Å². The predicted molar refractivity (Wildman–Crippen MR) is 17.5 cm³/mol. The first kappa shape index (κ1) is 10.1. The van der Waals surface area contributed by atoms with Gasteiger partial charge in [0.25, 0.3) is 0 Å². The minimum Gasteiger partial charge on any atom is -0.462 e. The molecule has 1 heteroatoms. The molecule has 24 valence electrons. The van der Waals surface area contributed by atoms with Crippen LogP contribution in [0.1, 0.15) is 7.43 Å². The lowest BCUT2D eigenvalue weighted by atomic mass is 11.3. The van der Waals surface area contributed by atoms with Gasteiger partial charge in [0.1, 0.15) is 6.11 Å². The summed E-state index contributed by atoms with van der Waals surface area (Å²) < 4.78 is 0. The van der Waals surface area contributed by atoms with E-state index < -0.39 is 0 Å². The van der Waals surface area contributed by atoms with Gasteiger partial charge in [0.15, 0.2) is 0 Å². The van der Waals surface area contributed by atoms with Gasteiger partial charge in [-0.2, -0.15) is 0 Å². The van der Waals surface area contributed by atoms with Crippen molar-refractivity contribution < 1.29 is 5.11 Å². The lowest BCUT2D eigenvalue weighted by Crippen LogP contribution is -1.27. The largest absolute Gasteiger partial charge is 0.462 e. The Hall–Kier alpha value is -0.640. The maximum absolute atomic E-state index is 7.10. The number of aliphatic hydroxyl groups excluding tert-OH is 1. The van der Waals surface area contributed by atoms with E-state index in [4.69, 9.17) is 5.11 Å². The van der Waals surface area contributed by atoms with Crippen molar-refractivity contribution in [3.8, 4) is 12.5 Å². The molecule has 0 aliphatic heterocycles. The van der Waals surface area contributed by atoms with Crippen molar-refractivity contribution in [2.24, 2.45) is 0 Å². The van der Waals surface area contributed by atoms with Crippen LogP contribution in [-0.4, -0.2) is 5.11 Å². The van der Waals surface area contributed by atoms with Crippen LogP contribution in [0.25, 0.3) is 0 Å². The highest BCUT2D eigenvalue weighted by Crippen LogP contribution is 1.06. The fraction of sp³-hybridized carbons (Fsp3) is 0.333. The SMILES string of the molecule is C.C#CO. The lowest BCUT2D eigenvalue weighted by Gasteiger charge is -1.32. The van der Waals surface area contributed by atoms with E-state index in [1.165, 1.54) is 6.11 Å². The molecule has 0 unspecified atom stereocenters. The molecule has 0 atom stereocenters. The molecule has 0 aromatic rings. The highest BCUT2D eigenvalue weighted by Gasteiger charge is 1.06. The smallest absolute Gasteiger partial charge is 0.103 e. The second-order valence-corrected chi connectivity index (χ2v) is 0.129. The van der Waals surface area contributed by atoms with E-state index in [1.807, 2.05) is 0 Å². The molecule has 4 heavy (non-hydrogen) atoms. The standard InChI is InChI=1S/C2H2O.CH4/c1-2-3;/h1,3H;1H4. The summed E-state index contributed by atoms with van der Waals surface area (Å²) in [5, 5.41) is 7.10. The van der Waals surface area contributed by atoms with Crippen molar-refractivity contribution in [1.29, 1.82) is 0 Å². The topological polar surface area (TPSA) is 20.2 Å². The van der Waals surface area contributed by atoms with Crippen molar-refractivity contribution in [2.75, 3.05) is 0 Å². The van der Waals surface area contributed by atoms with Crippen molar-refractivity contribution in [3.63, 3.8) is 0 Å². The Morgan fingerprint density at radius 2 is 1.75 bits per heavy atom. The molecule has 0 heterocycles. The van der Waals surface area contributed by atoms with E-state index in [0.717, 1.165) is 0 Å². The van der Waals surface area contributed by atoms with Crippen LogP contribution in [-0.2, 0) is 0 Å². The minimum absolute atomic E-state index is 0. The molecule has 0 rings (SSSR count). The van der Waals surface area contributed by atoms with Gasteiger partial charge < -0.3 is 5.11 Å². The molecule has 0 amide bonds. The highest BCUT2D eigenvalue weighted by atomic mass is 16.2. The molecule has 0 saturated heterocycles. The number of aliphatic hydroxyl groups is 1. The molecule has 0 saturated carbocycles. The molecule has 0 bridgehead atoms. The van der Waals surface area contributed by atoms with Gasteiger partial charge in [0, 0.05) is 0 Å². The van der Waals surface area contributed by atoms with E-state index >= 15 is 0 Å². The second kappa shape index (κ2) is 33.7. The van der Waals surface area contributed by atoms with Gasteiger partial charge in [-0.05, 0) is 0 Å². The average molecular weight is 58.1 g/mol. The highest BCUT2D eigenvalue weighted by molar-refractivity contribution is 4.61. The second-order valence-electron chi connectivity index (χ2n) is 0.129. The summed E-state index contributed by atoms with van der Waals surface area (Å²) in [6.07, 6.45) is 5.40. The molecule has 0 aliphatic rings. The quantitative estimate of drug-likeness (QED) is 0.404. The van der Waals surface area contributed by atoms with E-state index in [-0.39, 0.29) is 7.43 Å². The average Bonchev–Trinajstić information content (AvgIpc) is 0.918. The third kappa shape index (κ3) is 0.430. The Morgan fingerprint density at radius 1 is 1.75 bits per heavy atom. The fourth-order valence-electron chi connectivity index (χ4n) is 0. The predicted octanol–water partition coefficient (Wildman–Crippen LogP) is 0.586. The van der Waals surface area contributed by atoms with Gasteiger partial charge in [0.05, 0.1) is 0 Å². The number of rotatable bonds is 0. The van der Waals surface area contributed by atoms with Gasteiger partial charge in [-0.3, -0.25) is 0 Å². The van der Waals surface area contributed by atoms with Crippen LogP contribution >= 0.6 is 0 Å². The molecule has 0 aromatic carbocycles. The molecule has 0 fully saturated rings. The molecule has 1 nitrogen and oxygen atoms in total. The van der Waals surface area contributed by atoms with Crippen molar-refractivity contribution in [2.45, 2.75) is 7.43 Å². The summed E-state index contributed by atoms with van der Waals surface area (Å²) in [4.78, 5) is 0. The van der Waals surface area contributed by atoms with E-state index in [9.17, 15) is 0 Å². The third-order valence-electron chi connectivity index (χ3n) is 0. The zero-order valence-electron chi connectivity index (χ0n) is 1.52. The Kier molecular flexibility index (Phi) is 85.2. The summed E-state index contributed by atoms with van der Waals surface area (Å²) in [5.74, 6) is 0. The van der Waals surface area contributed by atoms with Crippen molar-refractivity contribution in [1.82, 2.24) is 0 Å². The minimum atomic E-state index is 0. The van der Waals surface area contributed by atoms with Gasteiger partial charge in [-0.25, -0.2) is 0 Å². The van der Waals surface area contributed by atoms with Crippen LogP contribution in [0, 0.1) is 12.5 Å². The maximum atomic E-state index is 7.10. The first-order valence-electron chi connectivity index (χ1n) is 0.512. The summed E-state index contributed by atoms with van der Waals surface area (Å²) in [5.41, 5.74) is 0. The molecule has 1 N–H and O–H groups in total. The zero-order chi connectivity index (χ0) is 2.71. The first-order valence-corrected chi connectivity index (χ1v) is 0.512. The molecule has 0 aromatic heterocycles. The Labute approximate surface area is 26.3 Å². The summed E-state index contributed by atoms with van der Waals surface area (Å²) in [7, 11) is 0. The third-order valence-corrected chi connectivity index (χ3v) is 0. The first-order chi connectivity index (χ1) is 1.41. The number of hydrogen-bond donors (Lipinski definition) is 1. The Morgan fingerprint density at radius 3 is 1.75 bits per heavy atom. The van der Waals surface area contributed by atoms with Crippen LogP contribution in [0.4, 0.5) is 0 Å². The van der Waals surface area contributed by atoms with Crippen molar-refractivity contribution in [3.05, 3.63) is 0 Å². The number of hydrogen-bond acceptors (Lipinski definition) is 1. The Bertz CT molecular complexity index is 24.8. The molecule has 0 aliphatic carbocycles. The lowest BCUT2D eigenvalue weighted by molar-refractivity contribution is 0.518. The van der Waals surface area contributed by atoms with E-state index in [1.54, 1.807) is 0 Å². The number of terminal acetylenes is 1. The maximum Gasteiger partial charge on any atom is 0.103 e. The summed E-state index contributed by atoms with van der Waals surface area (Å²) >= 11 is 0. The van der Waals surface area contributed by atoms with Crippen LogP contribution in [0.2, 0.25) is 0 Å². The summed E-state index contributed by atoms with van der Waals surface area (Å²) in [6, 6.07) is 0. The zero-order valence-corrected chi connectivity index (χ0v) is 1.52. The normalized spacial score (nSPS) is 1.75. The molecule has 0 radical (unpaired) electrons. The van der Waals surface area contributed by atoms with Gasteiger partial charge in [-0.15, -0.1) is 0 Å². The molecular formula is C3H6O. The van der Waals surface area contributed by atoms with Crippen molar-refractivity contribution >= 4 is 0 Å². The Balaban J connectivity index is 0. The fourth-order valence-corrected chi connectivity index (χ4v) is 0. The molecule has 0 spiro atoms. The van der Waals surface area contributed by atoms with Crippen LogP contribution < -0.4 is 0 Å². The van der Waals surface area contributed by atoms with Crippen LogP contribution in [0.3, 0.4) is 0 Å². The van der Waals surface area contributed by atoms with Gasteiger partial charge in [0.2, 0.25) is 0 Å². The van der Waals surface area contributed by atoms with E-state index in [2.05, 4.69) is 6.42 Å². The van der Waals surface area contributed by atoms with Gasteiger partial charge in [-0.1, -0.05) is 13.9 Å². The van der Waals surface area contributed by atoms with Crippen LogP contribution in [0.15, 0.2) is 0 Å². The van der Waals surface area contributed by atoms with Crippen LogP contribution in [0.5, 0.6) is 0 Å². The summed E-state index contributed by atoms with van der Waals surface area (Å²) in [6.45, 7) is 0. The van der Waals surface area contributed by atoms with E-state index in [0.29, 0.717) is 0 Å².